The molecule has 0 amide bonds. The van der Waals surface area contributed by atoms with E-state index < -0.39 is 0 Å². The van der Waals surface area contributed by atoms with Crippen LogP contribution in [0.15, 0.2) is 0 Å². The van der Waals surface area contributed by atoms with Gasteiger partial charge in [-0.25, -0.2) is 0 Å². The standard InChI is InChI=1S/C7H12O2/c1-7-4-2-3-6(9-7)8-5-7/h6H,2-5H2,1H3/t6?,7-/m1/s1. The van der Waals surface area contributed by atoms with Gasteiger partial charge in [-0.15, -0.1) is 0 Å². The molecule has 0 aromatic carbocycles. The Bertz CT molecular complexity index is 120. The molecule has 0 spiro atoms. The van der Waals surface area contributed by atoms with E-state index in [1.165, 1.54) is 12.8 Å². The molecule has 0 aromatic rings. The van der Waals surface area contributed by atoms with E-state index in [4.69, 9.17) is 9.47 Å². The summed E-state index contributed by atoms with van der Waals surface area (Å²) in [7, 11) is 0. The van der Waals surface area contributed by atoms with Crippen molar-refractivity contribution < 1.29 is 9.47 Å². The first-order chi connectivity index (χ1) is 4.29. The summed E-state index contributed by atoms with van der Waals surface area (Å²) >= 11 is 0. The molecule has 0 aromatic heterocycles. The summed E-state index contributed by atoms with van der Waals surface area (Å²) in [6.45, 7) is 2.93. The lowest BCUT2D eigenvalue weighted by Gasteiger charge is -2.26. The predicted octanol–water partition coefficient (Wildman–Crippen LogP) is 1.30. The summed E-state index contributed by atoms with van der Waals surface area (Å²) in [5.41, 5.74) is 0.0723. The van der Waals surface area contributed by atoms with Crippen LogP contribution >= 0.6 is 0 Å². The van der Waals surface area contributed by atoms with E-state index in [-0.39, 0.29) is 11.9 Å². The van der Waals surface area contributed by atoms with Crippen molar-refractivity contribution >= 4 is 0 Å². The molecule has 2 bridgehead atoms. The Morgan fingerprint density at radius 2 is 2.44 bits per heavy atom. The van der Waals surface area contributed by atoms with Crippen molar-refractivity contribution in [2.24, 2.45) is 0 Å². The van der Waals surface area contributed by atoms with Gasteiger partial charge in [-0.3, -0.25) is 0 Å². The van der Waals surface area contributed by atoms with Crippen molar-refractivity contribution in [3.8, 4) is 0 Å². The molecule has 2 aliphatic heterocycles. The third-order valence-electron chi connectivity index (χ3n) is 2.14. The summed E-state index contributed by atoms with van der Waals surface area (Å²) in [6, 6.07) is 0. The van der Waals surface area contributed by atoms with Crippen molar-refractivity contribution in [1.82, 2.24) is 0 Å². The zero-order chi connectivity index (χ0) is 6.32. The Morgan fingerprint density at radius 1 is 1.56 bits per heavy atom. The van der Waals surface area contributed by atoms with Crippen LogP contribution in [0.2, 0.25) is 0 Å². The maximum Gasteiger partial charge on any atom is 0.158 e. The van der Waals surface area contributed by atoms with Gasteiger partial charge < -0.3 is 9.47 Å². The van der Waals surface area contributed by atoms with Crippen LogP contribution in [0, 0.1) is 0 Å². The van der Waals surface area contributed by atoms with Crippen molar-refractivity contribution in [2.75, 3.05) is 6.61 Å². The van der Waals surface area contributed by atoms with E-state index in [9.17, 15) is 0 Å². The highest BCUT2D eigenvalue weighted by Gasteiger charge is 2.39. The van der Waals surface area contributed by atoms with E-state index in [2.05, 4.69) is 6.92 Å². The Morgan fingerprint density at radius 3 is 3.11 bits per heavy atom. The van der Waals surface area contributed by atoms with Gasteiger partial charge in [0.1, 0.15) is 0 Å². The minimum absolute atomic E-state index is 0.0723. The Hall–Kier alpha value is -0.0800. The first kappa shape index (κ1) is 5.69. The van der Waals surface area contributed by atoms with Gasteiger partial charge in [0.05, 0.1) is 12.2 Å². The highest BCUT2D eigenvalue weighted by Crippen LogP contribution is 2.34. The van der Waals surface area contributed by atoms with Gasteiger partial charge in [0.15, 0.2) is 6.29 Å². The van der Waals surface area contributed by atoms with E-state index in [1.807, 2.05) is 0 Å². The molecule has 2 fully saturated rings. The quantitative estimate of drug-likeness (QED) is 0.489. The Labute approximate surface area is 55.1 Å². The molecule has 2 aliphatic rings. The SMILES string of the molecule is C[C@@]12CCCC(OC1)O2. The Kier molecular flexibility index (Phi) is 1.08. The Balaban J connectivity index is 2.13. The van der Waals surface area contributed by atoms with Crippen LogP contribution in [-0.4, -0.2) is 18.5 Å². The van der Waals surface area contributed by atoms with Crippen LogP contribution in [0.3, 0.4) is 0 Å². The normalized spacial score (nSPS) is 49.7. The second-order valence-electron chi connectivity index (χ2n) is 3.20. The van der Waals surface area contributed by atoms with E-state index in [0.29, 0.717) is 0 Å². The molecule has 0 aliphatic carbocycles. The van der Waals surface area contributed by atoms with Crippen LogP contribution in [0.5, 0.6) is 0 Å². The molecule has 1 unspecified atom stereocenters. The molecule has 9 heavy (non-hydrogen) atoms. The molecule has 0 N–H and O–H groups in total. The largest absolute Gasteiger partial charge is 0.350 e. The average Bonchev–Trinajstić information content (AvgIpc) is 2.07. The lowest BCUT2D eigenvalue weighted by molar-refractivity contribution is -0.113. The highest BCUT2D eigenvalue weighted by molar-refractivity contribution is 4.84. The number of rotatable bonds is 0. The lowest BCUT2D eigenvalue weighted by Crippen LogP contribution is -2.31. The minimum atomic E-state index is 0.0723. The fourth-order valence-corrected chi connectivity index (χ4v) is 1.57. The van der Waals surface area contributed by atoms with Crippen LogP contribution in [-0.2, 0) is 9.47 Å². The highest BCUT2D eigenvalue weighted by atomic mass is 16.7. The van der Waals surface area contributed by atoms with Gasteiger partial charge in [0, 0.05) is 0 Å². The second kappa shape index (κ2) is 1.70. The lowest BCUT2D eigenvalue weighted by atomic mass is 9.99. The molecule has 2 heteroatoms. The monoisotopic (exact) mass is 128 g/mol. The first-order valence-corrected chi connectivity index (χ1v) is 3.58. The van der Waals surface area contributed by atoms with Crippen LogP contribution in [0.25, 0.3) is 0 Å². The van der Waals surface area contributed by atoms with Gasteiger partial charge in [0.25, 0.3) is 0 Å². The van der Waals surface area contributed by atoms with E-state index >= 15 is 0 Å². The van der Waals surface area contributed by atoms with E-state index in [1.54, 1.807) is 0 Å². The molecular weight excluding hydrogens is 116 g/mol. The van der Waals surface area contributed by atoms with Crippen molar-refractivity contribution in [3.63, 3.8) is 0 Å². The molecule has 2 heterocycles. The average molecular weight is 128 g/mol. The molecule has 0 radical (unpaired) electrons. The molecule has 2 rings (SSSR count). The van der Waals surface area contributed by atoms with Crippen molar-refractivity contribution in [1.29, 1.82) is 0 Å². The fraction of sp³-hybridized carbons (Fsp3) is 1.00. The smallest absolute Gasteiger partial charge is 0.158 e. The number of hydrogen-bond donors (Lipinski definition) is 0. The van der Waals surface area contributed by atoms with Crippen LogP contribution < -0.4 is 0 Å². The topological polar surface area (TPSA) is 18.5 Å². The minimum Gasteiger partial charge on any atom is -0.350 e. The summed E-state index contributed by atoms with van der Waals surface area (Å²) < 4.78 is 10.9. The second-order valence-corrected chi connectivity index (χ2v) is 3.20. The van der Waals surface area contributed by atoms with E-state index in [0.717, 1.165) is 13.0 Å². The zero-order valence-electron chi connectivity index (χ0n) is 5.72. The maximum absolute atomic E-state index is 5.56. The third kappa shape index (κ3) is 0.864. The van der Waals surface area contributed by atoms with Crippen molar-refractivity contribution in [2.45, 2.75) is 38.1 Å². The van der Waals surface area contributed by atoms with Gasteiger partial charge >= 0.3 is 0 Å². The van der Waals surface area contributed by atoms with Gasteiger partial charge in [-0.05, 0) is 26.2 Å². The van der Waals surface area contributed by atoms with Gasteiger partial charge in [0.2, 0.25) is 0 Å². The summed E-state index contributed by atoms with van der Waals surface area (Å²) in [6.07, 6.45) is 3.66. The molecule has 2 saturated heterocycles. The molecule has 2 atom stereocenters. The number of hydrogen-bond acceptors (Lipinski definition) is 2. The summed E-state index contributed by atoms with van der Waals surface area (Å²) in [5.74, 6) is 0. The molecule has 52 valence electrons. The summed E-state index contributed by atoms with van der Waals surface area (Å²) in [5, 5.41) is 0. The van der Waals surface area contributed by atoms with Gasteiger partial charge in [-0.2, -0.15) is 0 Å². The van der Waals surface area contributed by atoms with Crippen LogP contribution in [0.1, 0.15) is 26.2 Å². The first-order valence-electron chi connectivity index (χ1n) is 3.58. The number of ether oxygens (including phenoxy) is 2. The zero-order valence-corrected chi connectivity index (χ0v) is 5.72. The summed E-state index contributed by atoms with van der Waals surface area (Å²) in [4.78, 5) is 0. The van der Waals surface area contributed by atoms with Gasteiger partial charge in [-0.1, -0.05) is 0 Å². The predicted molar refractivity (Wildman–Crippen MR) is 33.1 cm³/mol. The maximum atomic E-state index is 5.56. The molecular formula is C7H12O2. The van der Waals surface area contributed by atoms with Crippen LogP contribution in [0.4, 0.5) is 0 Å². The fourth-order valence-electron chi connectivity index (χ4n) is 1.57. The molecule has 0 saturated carbocycles. The van der Waals surface area contributed by atoms with Crippen molar-refractivity contribution in [3.05, 3.63) is 0 Å². The third-order valence-corrected chi connectivity index (χ3v) is 2.14. The molecule has 2 nitrogen and oxygen atoms in total. The number of fused-ring (bicyclic) bond motifs is 2.